The van der Waals surface area contributed by atoms with Gasteiger partial charge in [-0.15, -0.1) is 0 Å². The summed E-state index contributed by atoms with van der Waals surface area (Å²) in [6.45, 7) is 12.9. The number of carbonyl (C=O) groups is 2. The maximum Gasteiger partial charge on any atom is 0.343 e. The molecule has 0 saturated heterocycles. The van der Waals surface area contributed by atoms with Crippen LogP contribution in [0.5, 0.6) is 5.75 Å². The second kappa shape index (κ2) is 8.17. The molecule has 0 unspecified atom stereocenters. The van der Waals surface area contributed by atoms with Gasteiger partial charge in [0.15, 0.2) is 0 Å². The van der Waals surface area contributed by atoms with E-state index in [1.165, 1.54) is 17.7 Å². The molecule has 2 rings (SSSR count). The van der Waals surface area contributed by atoms with Gasteiger partial charge in [-0.3, -0.25) is 0 Å². The number of aromatic carboxylic acids is 1. The maximum atomic E-state index is 12.7. The Labute approximate surface area is 167 Å². The number of benzene rings is 2. The van der Waals surface area contributed by atoms with Gasteiger partial charge in [0.2, 0.25) is 0 Å². The largest absolute Gasteiger partial charge is 0.478 e. The van der Waals surface area contributed by atoms with E-state index in [9.17, 15) is 9.59 Å². The fraction of sp³-hybridized carbons (Fsp3) is 0.417. The van der Waals surface area contributed by atoms with Crippen molar-refractivity contribution in [1.29, 1.82) is 0 Å². The van der Waals surface area contributed by atoms with Gasteiger partial charge in [-0.25, -0.2) is 9.59 Å². The maximum absolute atomic E-state index is 12.7. The second-order valence-electron chi connectivity index (χ2n) is 8.46. The first-order valence-electron chi connectivity index (χ1n) is 9.72. The molecular weight excluding hydrogens is 352 g/mol. The van der Waals surface area contributed by atoms with Crippen molar-refractivity contribution in [2.24, 2.45) is 0 Å². The van der Waals surface area contributed by atoms with Crippen molar-refractivity contribution >= 4 is 11.9 Å². The van der Waals surface area contributed by atoms with Crippen LogP contribution in [0.4, 0.5) is 0 Å². The van der Waals surface area contributed by atoms with Crippen LogP contribution in [-0.4, -0.2) is 17.0 Å². The molecule has 0 saturated carbocycles. The SMILES string of the molecule is CCC(C)(C)c1ccc(OC(=O)c2cccc(C(=O)O)c2)c(C(C)(C)CC)c1. The Bertz CT molecular complexity index is 878. The third-order valence-electron chi connectivity index (χ3n) is 5.81. The van der Waals surface area contributed by atoms with Crippen LogP contribution in [0.2, 0.25) is 0 Å². The standard InChI is InChI=1S/C24H30O4/c1-7-23(3,4)18-12-13-20(19(15-18)24(5,6)8-2)28-22(27)17-11-9-10-16(14-17)21(25)26/h9-15H,7-8H2,1-6H3,(H,25,26). The number of rotatable bonds is 7. The first-order chi connectivity index (χ1) is 13.0. The minimum Gasteiger partial charge on any atom is -0.478 e. The predicted molar refractivity (Wildman–Crippen MR) is 111 cm³/mol. The predicted octanol–water partition coefficient (Wildman–Crippen LogP) is 5.98. The van der Waals surface area contributed by atoms with Crippen molar-refractivity contribution in [2.45, 2.75) is 65.2 Å². The second-order valence-corrected chi connectivity index (χ2v) is 8.46. The molecule has 0 bridgehead atoms. The molecule has 4 heteroatoms. The fourth-order valence-electron chi connectivity index (χ4n) is 2.90. The van der Waals surface area contributed by atoms with Gasteiger partial charge in [-0.2, -0.15) is 0 Å². The van der Waals surface area contributed by atoms with Crippen molar-refractivity contribution in [3.05, 3.63) is 64.7 Å². The van der Waals surface area contributed by atoms with E-state index in [1.54, 1.807) is 12.1 Å². The number of hydrogen-bond donors (Lipinski definition) is 1. The van der Waals surface area contributed by atoms with Crippen molar-refractivity contribution < 1.29 is 19.4 Å². The highest BCUT2D eigenvalue weighted by Gasteiger charge is 2.27. The lowest BCUT2D eigenvalue weighted by Gasteiger charge is -2.30. The molecule has 0 amide bonds. The molecule has 0 heterocycles. The summed E-state index contributed by atoms with van der Waals surface area (Å²) in [5.74, 6) is -1.11. The van der Waals surface area contributed by atoms with E-state index < -0.39 is 11.9 Å². The Morgan fingerprint density at radius 3 is 2.07 bits per heavy atom. The lowest BCUT2D eigenvalue weighted by molar-refractivity contribution is 0.0697. The highest BCUT2D eigenvalue weighted by molar-refractivity contribution is 5.95. The summed E-state index contributed by atoms with van der Waals surface area (Å²) >= 11 is 0. The van der Waals surface area contributed by atoms with E-state index in [0.717, 1.165) is 18.4 Å². The summed E-state index contributed by atoms with van der Waals surface area (Å²) in [6, 6.07) is 11.9. The number of carboxylic acid groups (broad SMARTS) is 1. The van der Waals surface area contributed by atoms with Crippen LogP contribution in [0.3, 0.4) is 0 Å². The third kappa shape index (κ3) is 4.61. The Morgan fingerprint density at radius 2 is 1.50 bits per heavy atom. The molecule has 0 atom stereocenters. The molecule has 150 valence electrons. The van der Waals surface area contributed by atoms with Crippen LogP contribution in [0.25, 0.3) is 0 Å². The number of esters is 1. The van der Waals surface area contributed by atoms with Crippen LogP contribution in [0.1, 0.15) is 86.2 Å². The zero-order valence-electron chi connectivity index (χ0n) is 17.6. The van der Waals surface area contributed by atoms with Crippen LogP contribution in [-0.2, 0) is 10.8 Å². The molecule has 0 radical (unpaired) electrons. The van der Waals surface area contributed by atoms with Crippen molar-refractivity contribution in [3.8, 4) is 5.75 Å². The number of ether oxygens (including phenoxy) is 1. The van der Waals surface area contributed by atoms with Crippen LogP contribution >= 0.6 is 0 Å². The average Bonchev–Trinajstić information content (AvgIpc) is 2.68. The van der Waals surface area contributed by atoms with E-state index in [1.807, 2.05) is 12.1 Å². The normalized spacial score (nSPS) is 11.9. The zero-order valence-corrected chi connectivity index (χ0v) is 17.6. The molecule has 0 fully saturated rings. The van der Waals surface area contributed by atoms with Crippen LogP contribution in [0, 0.1) is 0 Å². The summed E-state index contributed by atoms with van der Waals surface area (Å²) in [6.07, 6.45) is 1.89. The summed E-state index contributed by atoms with van der Waals surface area (Å²) < 4.78 is 5.72. The Hall–Kier alpha value is -2.62. The van der Waals surface area contributed by atoms with Crippen molar-refractivity contribution in [1.82, 2.24) is 0 Å². The monoisotopic (exact) mass is 382 g/mol. The van der Waals surface area contributed by atoms with Crippen molar-refractivity contribution in [3.63, 3.8) is 0 Å². The van der Waals surface area contributed by atoms with Crippen molar-refractivity contribution in [2.75, 3.05) is 0 Å². The number of carbonyl (C=O) groups excluding carboxylic acids is 1. The van der Waals surface area contributed by atoms with E-state index in [2.05, 4.69) is 47.6 Å². The van der Waals surface area contributed by atoms with E-state index in [0.29, 0.717) is 5.75 Å². The number of hydrogen-bond acceptors (Lipinski definition) is 3. The summed E-state index contributed by atoms with van der Waals surface area (Å²) in [7, 11) is 0. The summed E-state index contributed by atoms with van der Waals surface area (Å²) in [5, 5.41) is 9.14. The van der Waals surface area contributed by atoms with Gasteiger partial charge >= 0.3 is 11.9 Å². The van der Waals surface area contributed by atoms with Gasteiger partial charge in [0.05, 0.1) is 11.1 Å². The molecule has 0 aliphatic rings. The molecule has 1 N–H and O–H groups in total. The molecule has 2 aromatic carbocycles. The summed E-state index contributed by atoms with van der Waals surface area (Å²) in [4.78, 5) is 23.8. The van der Waals surface area contributed by atoms with Gasteiger partial charge in [0.25, 0.3) is 0 Å². The van der Waals surface area contributed by atoms with Gasteiger partial charge in [-0.05, 0) is 53.5 Å². The van der Waals surface area contributed by atoms with E-state index in [-0.39, 0.29) is 22.0 Å². The molecule has 0 aliphatic carbocycles. The number of carboxylic acids is 1. The fourth-order valence-corrected chi connectivity index (χ4v) is 2.90. The Balaban J connectivity index is 2.46. The van der Waals surface area contributed by atoms with Gasteiger partial charge in [0.1, 0.15) is 5.75 Å². The molecule has 0 aliphatic heterocycles. The molecular formula is C24H30O4. The molecule has 0 spiro atoms. The van der Waals surface area contributed by atoms with Crippen LogP contribution < -0.4 is 4.74 Å². The third-order valence-corrected chi connectivity index (χ3v) is 5.81. The Morgan fingerprint density at radius 1 is 0.893 bits per heavy atom. The van der Waals surface area contributed by atoms with Gasteiger partial charge < -0.3 is 9.84 Å². The van der Waals surface area contributed by atoms with E-state index >= 15 is 0 Å². The quantitative estimate of drug-likeness (QED) is 0.473. The highest BCUT2D eigenvalue weighted by atomic mass is 16.5. The molecule has 4 nitrogen and oxygen atoms in total. The lowest BCUT2D eigenvalue weighted by Crippen LogP contribution is -2.22. The minimum atomic E-state index is -1.08. The summed E-state index contributed by atoms with van der Waals surface area (Å²) in [5.41, 5.74) is 2.33. The highest BCUT2D eigenvalue weighted by Crippen LogP contribution is 2.38. The zero-order chi connectivity index (χ0) is 21.1. The minimum absolute atomic E-state index is 0.0247. The first-order valence-corrected chi connectivity index (χ1v) is 9.72. The van der Waals surface area contributed by atoms with Crippen LogP contribution in [0.15, 0.2) is 42.5 Å². The Kier molecular flexibility index (Phi) is 6.33. The first kappa shape index (κ1) is 21.7. The van der Waals surface area contributed by atoms with Gasteiger partial charge in [-0.1, -0.05) is 59.7 Å². The van der Waals surface area contributed by atoms with Gasteiger partial charge in [0, 0.05) is 5.56 Å². The molecule has 2 aromatic rings. The topological polar surface area (TPSA) is 63.6 Å². The molecule has 0 aromatic heterocycles. The molecule has 28 heavy (non-hydrogen) atoms. The lowest BCUT2D eigenvalue weighted by atomic mass is 9.76. The van der Waals surface area contributed by atoms with E-state index in [4.69, 9.17) is 9.84 Å². The smallest absolute Gasteiger partial charge is 0.343 e. The average molecular weight is 383 g/mol.